The van der Waals surface area contributed by atoms with Crippen LogP contribution in [0.25, 0.3) is 22.0 Å². The summed E-state index contributed by atoms with van der Waals surface area (Å²) in [5, 5.41) is 9.08. The Morgan fingerprint density at radius 3 is 2.74 bits per heavy atom. The molecule has 1 fully saturated rings. The van der Waals surface area contributed by atoms with Gasteiger partial charge in [-0.3, -0.25) is 9.89 Å². The average molecular weight is 489 g/mol. The fourth-order valence-corrected chi connectivity index (χ4v) is 5.31. The number of likely N-dealkylation sites (tertiary alicyclic amines) is 1. The summed E-state index contributed by atoms with van der Waals surface area (Å²) in [6, 6.07) is 19.4. The second kappa shape index (κ2) is 9.72. The molecule has 1 atom stereocenters. The number of nitrogens with one attached hydrogen (secondary N) is 1. The van der Waals surface area contributed by atoms with Crippen LogP contribution in [0.4, 0.5) is 0 Å². The van der Waals surface area contributed by atoms with E-state index >= 15 is 0 Å². The van der Waals surface area contributed by atoms with E-state index in [1.165, 1.54) is 0 Å². The van der Waals surface area contributed by atoms with Gasteiger partial charge in [0, 0.05) is 53.2 Å². The Morgan fingerprint density at radius 2 is 2.00 bits per heavy atom. The molecule has 0 saturated carbocycles. The van der Waals surface area contributed by atoms with E-state index in [0.29, 0.717) is 28.9 Å². The highest BCUT2D eigenvalue weighted by Gasteiger charge is 2.38. The van der Waals surface area contributed by atoms with E-state index in [0.717, 1.165) is 40.7 Å². The summed E-state index contributed by atoms with van der Waals surface area (Å²) in [6.07, 6.45) is 1.83. The predicted octanol–water partition coefficient (Wildman–Crippen LogP) is 5.66. The fraction of sp³-hybridized carbons (Fsp3) is 0.286. The molecule has 5 rings (SSSR count). The first-order valence-electron chi connectivity index (χ1n) is 11.9. The van der Waals surface area contributed by atoms with Crippen LogP contribution in [-0.2, 0) is 0 Å². The van der Waals surface area contributed by atoms with E-state index in [2.05, 4.69) is 28.2 Å². The van der Waals surface area contributed by atoms with Crippen molar-refractivity contribution in [2.45, 2.75) is 13.0 Å². The largest absolute Gasteiger partial charge is 0.493 e. The third kappa shape index (κ3) is 4.51. The zero-order chi connectivity index (χ0) is 24.5. The van der Waals surface area contributed by atoms with Gasteiger partial charge in [-0.15, -0.1) is 0 Å². The van der Waals surface area contributed by atoms with E-state index in [1.807, 2.05) is 79.7 Å². The van der Waals surface area contributed by atoms with Crippen LogP contribution in [-0.4, -0.2) is 59.7 Å². The predicted molar refractivity (Wildman–Crippen MR) is 140 cm³/mol. The van der Waals surface area contributed by atoms with Crippen LogP contribution >= 0.6 is 11.6 Å². The smallest absolute Gasteiger partial charge is 0.254 e. The quantitative estimate of drug-likeness (QED) is 0.365. The number of nitrogens with zero attached hydrogens (tertiary/aromatic N) is 3. The maximum Gasteiger partial charge on any atom is 0.254 e. The highest BCUT2D eigenvalue weighted by atomic mass is 35.5. The molecule has 7 heteroatoms. The molecule has 180 valence electrons. The number of carbonyl (C=O) groups is 1. The first-order valence-corrected chi connectivity index (χ1v) is 12.2. The van der Waals surface area contributed by atoms with Crippen LogP contribution < -0.4 is 4.74 Å². The van der Waals surface area contributed by atoms with E-state index < -0.39 is 0 Å². The van der Waals surface area contributed by atoms with Crippen LogP contribution in [0.2, 0.25) is 5.02 Å². The number of H-pyrrole nitrogens is 1. The molecule has 1 saturated heterocycles. The second-order valence-electron chi connectivity index (χ2n) is 9.18. The Kier molecular flexibility index (Phi) is 6.50. The fourth-order valence-electron chi connectivity index (χ4n) is 5.12. The third-order valence-electron chi connectivity index (χ3n) is 6.77. The van der Waals surface area contributed by atoms with E-state index in [9.17, 15) is 4.79 Å². The van der Waals surface area contributed by atoms with Crippen LogP contribution in [0.3, 0.4) is 0 Å². The van der Waals surface area contributed by atoms with Gasteiger partial charge in [0.05, 0.1) is 24.4 Å². The summed E-state index contributed by atoms with van der Waals surface area (Å²) >= 11 is 6.22. The zero-order valence-electron chi connectivity index (χ0n) is 20.2. The number of amides is 1. The van der Waals surface area contributed by atoms with Crippen molar-refractivity contribution < 1.29 is 9.53 Å². The Bertz CT molecular complexity index is 1360. The summed E-state index contributed by atoms with van der Waals surface area (Å²) in [5.41, 5.74) is 4.53. The van der Waals surface area contributed by atoms with Crippen molar-refractivity contribution in [1.29, 1.82) is 0 Å². The van der Waals surface area contributed by atoms with E-state index in [-0.39, 0.29) is 11.9 Å². The van der Waals surface area contributed by atoms with Crippen LogP contribution in [0, 0.1) is 5.92 Å². The lowest BCUT2D eigenvalue weighted by Crippen LogP contribution is -2.51. The number of aromatic nitrogens is 2. The molecule has 35 heavy (non-hydrogen) atoms. The average Bonchev–Trinajstić information content (AvgIpc) is 3.32. The van der Waals surface area contributed by atoms with Gasteiger partial charge in [-0.2, -0.15) is 5.10 Å². The van der Waals surface area contributed by atoms with Gasteiger partial charge in [0.2, 0.25) is 0 Å². The molecule has 0 unspecified atom stereocenters. The lowest BCUT2D eigenvalue weighted by molar-refractivity contribution is 0.0374. The number of aromatic amines is 1. The number of hydrogen-bond acceptors (Lipinski definition) is 4. The summed E-state index contributed by atoms with van der Waals surface area (Å²) in [5.74, 6) is 0.962. The lowest BCUT2D eigenvalue weighted by atomic mass is 9.85. The van der Waals surface area contributed by atoms with Crippen LogP contribution in [0.15, 0.2) is 66.9 Å². The van der Waals surface area contributed by atoms with Gasteiger partial charge in [0.25, 0.3) is 5.91 Å². The van der Waals surface area contributed by atoms with Crippen LogP contribution in [0.5, 0.6) is 5.75 Å². The molecule has 1 amide bonds. The van der Waals surface area contributed by atoms with Gasteiger partial charge in [0.1, 0.15) is 5.75 Å². The van der Waals surface area contributed by atoms with E-state index in [4.69, 9.17) is 16.3 Å². The maximum absolute atomic E-state index is 13.8. The Labute approximate surface area is 210 Å². The van der Waals surface area contributed by atoms with Gasteiger partial charge in [-0.25, -0.2) is 0 Å². The van der Waals surface area contributed by atoms with Crippen molar-refractivity contribution in [3.05, 3.63) is 83.0 Å². The van der Waals surface area contributed by atoms with Gasteiger partial charge in [-0.1, -0.05) is 41.9 Å². The molecule has 0 aliphatic carbocycles. The Hall–Kier alpha value is -3.35. The first-order chi connectivity index (χ1) is 17.0. The third-order valence-corrected chi connectivity index (χ3v) is 7.00. The molecule has 1 N–H and O–H groups in total. The SMILES string of the molecule is CCOc1cc(C(=O)N(C)[C@@H](c2cccc3cn[nH]c23)C2CN(C)C2)ccc1-c1cccc(Cl)c1. The number of ether oxygens (including phenoxy) is 1. The summed E-state index contributed by atoms with van der Waals surface area (Å²) in [4.78, 5) is 18.0. The Balaban J connectivity index is 1.51. The number of fused-ring (bicyclic) bond motifs is 1. The van der Waals surface area contributed by atoms with Gasteiger partial charge in [-0.05, 0) is 49.9 Å². The number of para-hydroxylation sites is 1. The number of rotatable bonds is 7. The van der Waals surface area contributed by atoms with Crippen molar-refractivity contribution in [2.75, 3.05) is 33.8 Å². The van der Waals surface area contributed by atoms with E-state index in [1.54, 1.807) is 0 Å². The van der Waals surface area contributed by atoms with Crippen molar-refractivity contribution in [1.82, 2.24) is 20.0 Å². The van der Waals surface area contributed by atoms with Crippen molar-refractivity contribution >= 4 is 28.4 Å². The number of benzene rings is 3. The van der Waals surface area contributed by atoms with Gasteiger partial charge < -0.3 is 14.5 Å². The zero-order valence-corrected chi connectivity index (χ0v) is 20.9. The number of carbonyl (C=O) groups excluding carboxylic acids is 1. The standard InChI is InChI=1S/C28H29ClN4O2/c1-4-35-25-14-19(11-12-23(25)18-7-5-9-22(29)13-18)28(34)33(3)27(21-16-32(2)17-21)24-10-6-8-20-15-30-31-26(20)24/h5-15,21,27H,4,16-17H2,1-3H3,(H,30,31)/t27-/m1/s1. The molecule has 1 aliphatic rings. The molecule has 0 radical (unpaired) electrons. The normalized spacial score (nSPS) is 15.1. The minimum Gasteiger partial charge on any atom is -0.493 e. The van der Waals surface area contributed by atoms with Crippen LogP contribution in [0.1, 0.15) is 28.9 Å². The molecule has 3 aromatic carbocycles. The van der Waals surface area contributed by atoms with Gasteiger partial charge in [0.15, 0.2) is 0 Å². The van der Waals surface area contributed by atoms with Crippen molar-refractivity contribution in [3.63, 3.8) is 0 Å². The highest BCUT2D eigenvalue weighted by Crippen LogP contribution is 2.38. The summed E-state index contributed by atoms with van der Waals surface area (Å²) in [7, 11) is 4.00. The molecular weight excluding hydrogens is 460 g/mol. The molecular formula is C28H29ClN4O2. The molecule has 6 nitrogen and oxygen atoms in total. The minimum absolute atomic E-state index is 0.0420. The molecule has 4 aromatic rings. The highest BCUT2D eigenvalue weighted by molar-refractivity contribution is 6.30. The molecule has 1 aromatic heterocycles. The minimum atomic E-state index is -0.0778. The topological polar surface area (TPSA) is 61.5 Å². The second-order valence-corrected chi connectivity index (χ2v) is 9.61. The summed E-state index contributed by atoms with van der Waals surface area (Å²) in [6.45, 7) is 4.31. The number of hydrogen-bond donors (Lipinski definition) is 1. The van der Waals surface area contributed by atoms with Gasteiger partial charge >= 0.3 is 0 Å². The maximum atomic E-state index is 13.8. The molecule has 0 bridgehead atoms. The van der Waals surface area contributed by atoms with Crippen molar-refractivity contribution in [2.24, 2.45) is 5.92 Å². The number of halogens is 1. The summed E-state index contributed by atoms with van der Waals surface area (Å²) < 4.78 is 5.95. The van der Waals surface area contributed by atoms with Crippen molar-refractivity contribution in [3.8, 4) is 16.9 Å². The molecule has 2 heterocycles. The lowest BCUT2D eigenvalue weighted by Gasteiger charge is -2.45. The monoisotopic (exact) mass is 488 g/mol. The first kappa shape index (κ1) is 23.4. The Morgan fingerprint density at radius 1 is 1.20 bits per heavy atom. The molecule has 1 aliphatic heterocycles. The molecule has 0 spiro atoms.